The fourth-order valence-electron chi connectivity index (χ4n) is 2.89. The molecule has 0 radical (unpaired) electrons. The van der Waals surface area contributed by atoms with Gasteiger partial charge in [-0.3, -0.25) is 9.69 Å². The molecular weight excluding hydrogens is 310 g/mol. The van der Waals surface area contributed by atoms with Gasteiger partial charge < -0.3 is 15.0 Å². The lowest BCUT2D eigenvalue weighted by Crippen LogP contribution is -2.41. The highest BCUT2D eigenvalue weighted by molar-refractivity contribution is 6.00. The van der Waals surface area contributed by atoms with Crippen LogP contribution in [0.5, 0.6) is 0 Å². The lowest BCUT2D eigenvalue weighted by molar-refractivity contribution is -0.136. The number of aromatic amines is 1. The maximum absolute atomic E-state index is 12.3. The van der Waals surface area contributed by atoms with Crippen LogP contribution in [0.4, 0.5) is 4.79 Å². The number of carbonyl (C=O) groups excluding carboxylic acids is 3. The number of ether oxygens (including phenoxy) is 1. The minimum atomic E-state index is -1.03. The molecule has 1 aromatic heterocycles. The zero-order chi connectivity index (χ0) is 17.4. The van der Waals surface area contributed by atoms with Crippen LogP contribution < -0.4 is 5.32 Å². The molecule has 0 saturated carbocycles. The van der Waals surface area contributed by atoms with Gasteiger partial charge in [0.05, 0.1) is 0 Å². The first kappa shape index (κ1) is 16.0. The first-order chi connectivity index (χ1) is 11.4. The maximum Gasteiger partial charge on any atom is 0.355 e. The summed E-state index contributed by atoms with van der Waals surface area (Å²) >= 11 is 0. The Morgan fingerprint density at radius 2 is 2.00 bits per heavy atom. The van der Waals surface area contributed by atoms with E-state index in [2.05, 4.69) is 10.3 Å². The van der Waals surface area contributed by atoms with E-state index in [4.69, 9.17) is 4.74 Å². The van der Waals surface area contributed by atoms with Gasteiger partial charge in [0, 0.05) is 24.0 Å². The molecule has 0 unspecified atom stereocenters. The number of hydrogen-bond acceptors (Lipinski definition) is 4. The van der Waals surface area contributed by atoms with Crippen molar-refractivity contribution >= 4 is 28.8 Å². The number of nitrogens with one attached hydrogen (secondary N) is 2. The topological polar surface area (TPSA) is 91.5 Å². The predicted octanol–water partition coefficient (Wildman–Crippen LogP) is 1.88. The molecule has 1 atom stereocenters. The van der Waals surface area contributed by atoms with Crippen LogP contribution in [0.3, 0.4) is 0 Å². The van der Waals surface area contributed by atoms with E-state index < -0.39 is 24.0 Å². The van der Waals surface area contributed by atoms with Crippen molar-refractivity contribution in [2.24, 2.45) is 0 Å². The first-order valence-electron chi connectivity index (χ1n) is 7.77. The number of hydrogen-bond donors (Lipinski definition) is 2. The Hall–Kier alpha value is -2.83. The monoisotopic (exact) mass is 329 g/mol. The highest BCUT2D eigenvalue weighted by Crippen LogP contribution is 2.22. The molecule has 24 heavy (non-hydrogen) atoms. The third-order valence-corrected chi connectivity index (χ3v) is 4.06. The van der Waals surface area contributed by atoms with E-state index in [-0.39, 0.29) is 12.2 Å². The van der Waals surface area contributed by atoms with E-state index >= 15 is 0 Å². The average molecular weight is 329 g/mol. The van der Waals surface area contributed by atoms with Crippen LogP contribution in [-0.4, -0.2) is 47.0 Å². The van der Waals surface area contributed by atoms with Crippen molar-refractivity contribution in [3.05, 3.63) is 35.0 Å². The zero-order valence-electron chi connectivity index (χ0n) is 13.8. The SMILES string of the molecule is Cc1cc(C)c2cc(C(=O)O[C@@H](C)C(=O)N3CCNC3=O)[nH]c2c1. The fraction of sp³-hybridized carbons (Fsp3) is 0.353. The minimum absolute atomic E-state index is 0.282. The molecule has 1 fully saturated rings. The van der Waals surface area contributed by atoms with Crippen molar-refractivity contribution in [1.82, 2.24) is 15.2 Å². The molecule has 7 nitrogen and oxygen atoms in total. The van der Waals surface area contributed by atoms with Gasteiger partial charge in [-0.1, -0.05) is 6.07 Å². The third kappa shape index (κ3) is 2.84. The number of esters is 1. The second-order valence-electron chi connectivity index (χ2n) is 6.00. The molecule has 2 aromatic rings. The number of nitrogens with zero attached hydrogens (tertiary/aromatic N) is 1. The van der Waals surface area contributed by atoms with Crippen LogP contribution in [0.2, 0.25) is 0 Å². The Morgan fingerprint density at radius 3 is 2.67 bits per heavy atom. The van der Waals surface area contributed by atoms with E-state index in [1.54, 1.807) is 6.07 Å². The average Bonchev–Trinajstić information content (AvgIpc) is 3.12. The van der Waals surface area contributed by atoms with E-state index in [1.807, 2.05) is 26.0 Å². The number of imide groups is 1. The van der Waals surface area contributed by atoms with Crippen LogP contribution in [0.15, 0.2) is 18.2 Å². The summed E-state index contributed by atoms with van der Waals surface area (Å²) in [6.07, 6.45) is -1.03. The summed E-state index contributed by atoms with van der Waals surface area (Å²) in [5.74, 6) is -1.15. The van der Waals surface area contributed by atoms with Gasteiger partial charge in [0.1, 0.15) is 5.69 Å². The smallest absolute Gasteiger partial charge is 0.355 e. The molecule has 1 saturated heterocycles. The molecule has 0 aliphatic carbocycles. The van der Waals surface area contributed by atoms with Crippen molar-refractivity contribution < 1.29 is 19.1 Å². The number of aryl methyl sites for hydroxylation is 2. The summed E-state index contributed by atoms with van der Waals surface area (Å²) in [4.78, 5) is 40.1. The summed E-state index contributed by atoms with van der Waals surface area (Å²) in [5, 5.41) is 3.47. The lowest BCUT2D eigenvalue weighted by Gasteiger charge is -2.17. The number of benzene rings is 1. The van der Waals surface area contributed by atoms with Crippen LogP contribution in [-0.2, 0) is 9.53 Å². The zero-order valence-corrected chi connectivity index (χ0v) is 13.8. The number of carbonyl (C=O) groups is 3. The van der Waals surface area contributed by atoms with Crippen molar-refractivity contribution in [2.45, 2.75) is 26.9 Å². The molecule has 126 valence electrons. The molecular formula is C17H19N3O4. The number of fused-ring (bicyclic) bond motifs is 1. The number of urea groups is 1. The second-order valence-corrected chi connectivity index (χ2v) is 6.00. The van der Waals surface area contributed by atoms with E-state index in [0.717, 1.165) is 26.9 Å². The van der Waals surface area contributed by atoms with Crippen LogP contribution in [0.1, 0.15) is 28.5 Å². The molecule has 3 amide bonds. The van der Waals surface area contributed by atoms with Gasteiger partial charge in [-0.05, 0) is 44.0 Å². The second kappa shape index (κ2) is 5.99. The molecule has 3 rings (SSSR count). The number of aromatic nitrogens is 1. The fourth-order valence-corrected chi connectivity index (χ4v) is 2.89. The van der Waals surface area contributed by atoms with Crippen LogP contribution >= 0.6 is 0 Å². The summed E-state index contributed by atoms with van der Waals surface area (Å²) in [7, 11) is 0. The highest BCUT2D eigenvalue weighted by atomic mass is 16.5. The summed E-state index contributed by atoms with van der Waals surface area (Å²) in [5.41, 5.74) is 3.27. The Labute approximate surface area is 139 Å². The molecule has 2 N–H and O–H groups in total. The Morgan fingerprint density at radius 1 is 1.25 bits per heavy atom. The van der Waals surface area contributed by atoms with E-state index in [9.17, 15) is 14.4 Å². The summed E-state index contributed by atoms with van der Waals surface area (Å²) in [6, 6.07) is 5.23. The summed E-state index contributed by atoms with van der Waals surface area (Å²) < 4.78 is 5.22. The summed E-state index contributed by atoms with van der Waals surface area (Å²) in [6.45, 7) is 6.10. The molecule has 2 heterocycles. The van der Waals surface area contributed by atoms with Gasteiger partial charge in [-0.25, -0.2) is 9.59 Å². The van der Waals surface area contributed by atoms with Gasteiger partial charge in [0.15, 0.2) is 6.10 Å². The van der Waals surface area contributed by atoms with E-state index in [1.165, 1.54) is 6.92 Å². The van der Waals surface area contributed by atoms with Crippen LogP contribution in [0.25, 0.3) is 10.9 Å². The minimum Gasteiger partial charge on any atom is -0.448 e. The molecule has 1 aromatic carbocycles. The Kier molecular flexibility index (Phi) is 4.01. The quantitative estimate of drug-likeness (QED) is 0.841. The molecule has 1 aliphatic heterocycles. The number of rotatable bonds is 3. The third-order valence-electron chi connectivity index (χ3n) is 4.06. The molecule has 7 heteroatoms. The Bertz CT molecular complexity index is 840. The maximum atomic E-state index is 12.3. The van der Waals surface area contributed by atoms with Gasteiger partial charge in [0.25, 0.3) is 5.91 Å². The highest BCUT2D eigenvalue weighted by Gasteiger charge is 2.32. The lowest BCUT2D eigenvalue weighted by atomic mass is 10.1. The standard InChI is InChI=1S/C17H19N3O4/c1-9-6-10(2)12-8-14(19-13(12)7-9)16(22)24-11(3)15(21)20-5-4-18-17(20)23/h6-8,11,19H,4-5H2,1-3H3,(H,18,23)/t11-/m0/s1. The molecule has 0 spiro atoms. The Balaban J connectivity index is 1.76. The van der Waals surface area contributed by atoms with Gasteiger partial charge >= 0.3 is 12.0 Å². The largest absolute Gasteiger partial charge is 0.448 e. The van der Waals surface area contributed by atoms with Gasteiger partial charge in [-0.15, -0.1) is 0 Å². The van der Waals surface area contributed by atoms with Crippen molar-refractivity contribution in [3.63, 3.8) is 0 Å². The van der Waals surface area contributed by atoms with Gasteiger partial charge in [0.2, 0.25) is 0 Å². The van der Waals surface area contributed by atoms with Crippen molar-refractivity contribution in [3.8, 4) is 0 Å². The first-order valence-corrected chi connectivity index (χ1v) is 7.77. The molecule has 0 bridgehead atoms. The van der Waals surface area contributed by atoms with Gasteiger partial charge in [-0.2, -0.15) is 0 Å². The number of H-pyrrole nitrogens is 1. The van der Waals surface area contributed by atoms with Crippen molar-refractivity contribution in [1.29, 1.82) is 0 Å². The molecule has 1 aliphatic rings. The predicted molar refractivity (Wildman–Crippen MR) is 87.8 cm³/mol. The van der Waals surface area contributed by atoms with E-state index in [0.29, 0.717) is 6.54 Å². The van der Waals surface area contributed by atoms with Crippen molar-refractivity contribution in [2.75, 3.05) is 13.1 Å². The number of amides is 3. The van der Waals surface area contributed by atoms with Crippen LogP contribution in [0, 0.1) is 13.8 Å². The normalized spacial score (nSPS) is 15.5.